The molecule has 5 rings (SSSR count). The Morgan fingerprint density at radius 2 is 2.19 bits per heavy atom. The van der Waals surface area contributed by atoms with Gasteiger partial charge in [-0.3, -0.25) is 4.98 Å². The molecule has 3 aromatic heterocycles. The Bertz CT molecular complexity index is 956. The number of nitrogens with one attached hydrogen (secondary N) is 1. The number of hydrogen-bond acceptors (Lipinski definition) is 8. The third kappa shape index (κ3) is 3.06. The number of fused-ring (bicyclic) bond motifs is 1. The molecular weight excluding hydrogens is 342 g/mol. The van der Waals surface area contributed by atoms with Crippen molar-refractivity contribution in [3.05, 3.63) is 47.5 Å². The molecule has 5 heterocycles. The lowest BCUT2D eigenvalue weighted by Crippen LogP contribution is -2.36. The largest absolute Gasteiger partial charge is 0.355 e. The zero-order valence-corrected chi connectivity index (χ0v) is 15.2. The van der Waals surface area contributed by atoms with Crippen molar-refractivity contribution in [2.45, 2.75) is 38.8 Å². The molecule has 138 valence electrons. The molecular formula is C19H21N7O. The molecule has 0 spiro atoms. The third-order valence-electron chi connectivity index (χ3n) is 5.21. The van der Waals surface area contributed by atoms with Gasteiger partial charge < -0.3 is 14.7 Å². The van der Waals surface area contributed by atoms with Gasteiger partial charge >= 0.3 is 0 Å². The fraction of sp³-hybridized carbons (Fsp3) is 0.421. The van der Waals surface area contributed by atoms with Gasteiger partial charge in [0.1, 0.15) is 11.6 Å². The normalized spacial score (nSPS) is 19.3. The van der Waals surface area contributed by atoms with Crippen LogP contribution in [-0.4, -0.2) is 38.2 Å². The van der Waals surface area contributed by atoms with Crippen LogP contribution in [0, 0.1) is 6.92 Å². The van der Waals surface area contributed by atoms with Crippen molar-refractivity contribution in [3.63, 3.8) is 0 Å². The molecule has 0 amide bonds. The monoisotopic (exact) mass is 363 g/mol. The minimum Gasteiger partial charge on any atom is -0.355 e. The minimum absolute atomic E-state index is 0.206. The highest BCUT2D eigenvalue weighted by atomic mass is 16.5. The average Bonchev–Trinajstić information content (AvgIpc) is 3.38. The van der Waals surface area contributed by atoms with Crippen LogP contribution in [-0.2, 0) is 13.1 Å². The first kappa shape index (κ1) is 16.3. The van der Waals surface area contributed by atoms with Gasteiger partial charge in [-0.05, 0) is 31.9 Å². The topological polar surface area (TPSA) is 92.9 Å². The summed E-state index contributed by atoms with van der Waals surface area (Å²) in [5.41, 5.74) is 3.22. The highest BCUT2D eigenvalue weighted by Gasteiger charge is 2.30. The number of piperidine rings is 1. The molecule has 2 aliphatic heterocycles. The van der Waals surface area contributed by atoms with E-state index < -0.39 is 0 Å². The van der Waals surface area contributed by atoms with E-state index in [-0.39, 0.29) is 5.92 Å². The predicted molar refractivity (Wildman–Crippen MR) is 99.0 cm³/mol. The van der Waals surface area contributed by atoms with E-state index in [0.717, 1.165) is 61.9 Å². The van der Waals surface area contributed by atoms with Crippen LogP contribution in [0.1, 0.15) is 41.7 Å². The first-order chi connectivity index (χ1) is 13.3. The van der Waals surface area contributed by atoms with Crippen LogP contribution in [0.3, 0.4) is 0 Å². The number of aryl methyl sites for hydroxylation is 1. The molecule has 8 nitrogen and oxygen atoms in total. The maximum Gasteiger partial charge on any atom is 0.231 e. The van der Waals surface area contributed by atoms with Crippen molar-refractivity contribution in [2.75, 3.05) is 18.0 Å². The Kier molecular flexibility index (Phi) is 4.05. The number of rotatable bonds is 3. The van der Waals surface area contributed by atoms with Crippen molar-refractivity contribution in [1.29, 1.82) is 0 Å². The molecule has 0 aliphatic carbocycles. The van der Waals surface area contributed by atoms with E-state index >= 15 is 0 Å². The van der Waals surface area contributed by atoms with Gasteiger partial charge in [-0.15, -0.1) is 0 Å². The Balaban J connectivity index is 1.40. The Morgan fingerprint density at radius 1 is 1.22 bits per heavy atom. The van der Waals surface area contributed by atoms with E-state index in [9.17, 15) is 0 Å². The zero-order chi connectivity index (χ0) is 18.2. The second kappa shape index (κ2) is 6.70. The summed E-state index contributed by atoms with van der Waals surface area (Å²) in [6.45, 7) is 5.43. The van der Waals surface area contributed by atoms with Gasteiger partial charge in [0.25, 0.3) is 0 Å². The van der Waals surface area contributed by atoms with Crippen LogP contribution < -0.4 is 10.2 Å². The second-order valence-corrected chi connectivity index (χ2v) is 7.11. The Labute approximate surface area is 157 Å². The van der Waals surface area contributed by atoms with E-state index in [1.807, 2.05) is 19.1 Å². The molecule has 3 aromatic rings. The Morgan fingerprint density at radius 3 is 3.07 bits per heavy atom. The molecule has 1 saturated heterocycles. The second-order valence-electron chi connectivity index (χ2n) is 7.11. The van der Waals surface area contributed by atoms with E-state index in [1.165, 1.54) is 5.56 Å². The van der Waals surface area contributed by atoms with Crippen molar-refractivity contribution >= 4 is 5.82 Å². The number of hydrogen-bond donors (Lipinski definition) is 1. The molecule has 0 radical (unpaired) electrons. The summed E-state index contributed by atoms with van der Waals surface area (Å²) in [6, 6.07) is 3.81. The van der Waals surface area contributed by atoms with Gasteiger partial charge in [-0.2, -0.15) is 4.98 Å². The maximum atomic E-state index is 5.60. The fourth-order valence-corrected chi connectivity index (χ4v) is 3.92. The molecule has 27 heavy (non-hydrogen) atoms. The van der Waals surface area contributed by atoms with Crippen molar-refractivity contribution in [2.24, 2.45) is 0 Å². The third-order valence-corrected chi connectivity index (χ3v) is 5.21. The number of pyridine rings is 1. The first-order valence-electron chi connectivity index (χ1n) is 9.34. The molecule has 8 heteroatoms. The van der Waals surface area contributed by atoms with E-state index in [2.05, 4.69) is 30.3 Å². The van der Waals surface area contributed by atoms with Gasteiger partial charge in [0.15, 0.2) is 0 Å². The molecule has 0 aromatic carbocycles. The highest BCUT2D eigenvalue weighted by molar-refractivity contribution is 5.53. The fourth-order valence-electron chi connectivity index (χ4n) is 3.92. The number of nitrogens with zero attached hydrogens (tertiary/aromatic N) is 6. The summed E-state index contributed by atoms with van der Waals surface area (Å²) < 4.78 is 5.60. The number of aromatic nitrogens is 5. The minimum atomic E-state index is 0.206. The standard InChI is InChI=1S/C19H21N7O/c1-12-22-16-10-21-9-15(16)18(23-12)26-7-3-5-14(11-26)19-24-17(25-27-19)13-4-2-6-20-8-13/h2,4,6,8,14,21H,3,5,7,9-11H2,1H3. The van der Waals surface area contributed by atoms with Gasteiger partial charge in [0.05, 0.1) is 11.6 Å². The highest BCUT2D eigenvalue weighted by Crippen LogP contribution is 2.32. The first-order valence-corrected chi connectivity index (χ1v) is 9.34. The van der Waals surface area contributed by atoms with E-state index in [4.69, 9.17) is 9.51 Å². The molecule has 1 atom stereocenters. The van der Waals surface area contributed by atoms with Crippen LogP contribution in [0.4, 0.5) is 5.82 Å². The molecule has 2 aliphatic rings. The van der Waals surface area contributed by atoms with Gasteiger partial charge in [0.2, 0.25) is 11.7 Å². The summed E-state index contributed by atoms with van der Waals surface area (Å²) in [4.78, 5) is 20.4. The summed E-state index contributed by atoms with van der Waals surface area (Å²) in [5, 5.41) is 7.53. The van der Waals surface area contributed by atoms with E-state index in [0.29, 0.717) is 11.7 Å². The molecule has 1 N–H and O–H groups in total. The van der Waals surface area contributed by atoms with Crippen LogP contribution in [0.25, 0.3) is 11.4 Å². The van der Waals surface area contributed by atoms with E-state index in [1.54, 1.807) is 12.4 Å². The summed E-state index contributed by atoms with van der Waals surface area (Å²) in [6.07, 6.45) is 5.60. The zero-order valence-electron chi connectivity index (χ0n) is 15.2. The maximum absolute atomic E-state index is 5.60. The Hall–Kier alpha value is -2.87. The number of anilines is 1. The van der Waals surface area contributed by atoms with Gasteiger partial charge in [0, 0.05) is 49.7 Å². The molecule has 1 fully saturated rings. The smallest absolute Gasteiger partial charge is 0.231 e. The van der Waals surface area contributed by atoms with Crippen LogP contribution in [0.15, 0.2) is 29.0 Å². The average molecular weight is 363 g/mol. The quantitative estimate of drug-likeness (QED) is 0.757. The predicted octanol–water partition coefficient (Wildman–Crippen LogP) is 2.22. The van der Waals surface area contributed by atoms with Crippen LogP contribution >= 0.6 is 0 Å². The SMILES string of the molecule is Cc1nc2c(c(N3CCCC(c4nc(-c5cccnc5)no4)C3)n1)CNC2. The summed E-state index contributed by atoms with van der Waals surface area (Å²) >= 11 is 0. The lowest BCUT2D eigenvalue weighted by molar-refractivity contribution is 0.333. The van der Waals surface area contributed by atoms with Gasteiger partial charge in [-0.25, -0.2) is 9.97 Å². The van der Waals surface area contributed by atoms with Crippen molar-refractivity contribution < 1.29 is 4.52 Å². The molecule has 0 bridgehead atoms. The van der Waals surface area contributed by atoms with Crippen molar-refractivity contribution in [3.8, 4) is 11.4 Å². The van der Waals surface area contributed by atoms with Gasteiger partial charge in [-0.1, -0.05) is 5.16 Å². The summed E-state index contributed by atoms with van der Waals surface area (Å²) in [7, 11) is 0. The van der Waals surface area contributed by atoms with Crippen LogP contribution in [0.2, 0.25) is 0 Å². The van der Waals surface area contributed by atoms with Crippen LogP contribution in [0.5, 0.6) is 0 Å². The summed E-state index contributed by atoms with van der Waals surface area (Å²) in [5.74, 6) is 3.37. The molecule has 1 unspecified atom stereocenters. The van der Waals surface area contributed by atoms with Crippen molar-refractivity contribution in [1.82, 2.24) is 30.4 Å². The lowest BCUT2D eigenvalue weighted by Gasteiger charge is -2.33. The molecule has 0 saturated carbocycles. The lowest BCUT2D eigenvalue weighted by atomic mass is 9.97.